The fourth-order valence-corrected chi connectivity index (χ4v) is 1.57. The van der Waals surface area contributed by atoms with Gasteiger partial charge in [0.05, 0.1) is 29.1 Å². The van der Waals surface area contributed by atoms with Crippen LogP contribution < -0.4 is 0 Å². The lowest BCUT2D eigenvalue weighted by atomic mass is 10.3. The number of rotatable bonds is 6. The maximum Gasteiger partial charge on any atom is 0.257 e. The summed E-state index contributed by atoms with van der Waals surface area (Å²) >= 11 is 3.27. The predicted molar refractivity (Wildman–Crippen MR) is 60.5 cm³/mol. The highest BCUT2D eigenvalue weighted by atomic mass is 79.9. The summed E-state index contributed by atoms with van der Waals surface area (Å²) < 4.78 is 32.0. The van der Waals surface area contributed by atoms with E-state index in [-0.39, 0.29) is 6.10 Å². The Kier molecular flexibility index (Phi) is 5.34. The zero-order valence-corrected chi connectivity index (χ0v) is 10.9. The minimum Gasteiger partial charge on any atom is -0.372 e. The summed E-state index contributed by atoms with van der Waals surface area (Å²) in [6.07, 6.45) is 0.106. The highest BCUT2D eigenvalue weighted by Crippen LogP contribution is 2.18. The van der Waals surface area contributed by atoms with Crippen LogP contribution in [0.3, 0.4) is 0 Å². The summed E-state index contributed by atoms with van der Waals surface area (Å²) in [5.74, 6) is 0. The molecule has 0 fully saturated rings. The van der Waals surface area contributed by atoms with Gasteiger partial charge in [-0.15, -0.1) is 0 Å². The van der Waals surface area contributed by atoms with E-state index in [0.717, 1.165) is 6.42 Å². The van der Waals surface area contributed by atoms with Crippen LogP contribution in [0, 0.1) is 0 Å². The van der Waals surface area contributed by atoms with Gasteiger partial charge in [-0.05, 0) is 29.3 Å². The molecule has 0 radical (unpaired) electrons. The van der Waals surface area contributed by atoms with Crippen LogP contribution in [0.2, 0.25) is 0 Å². The van der Waals surface area contributed by atoms with Crippen molar-refractivity contribution < 1.29 is 13.5 Å². The molecule has 0 aliphatic heterocycles. The van der Waals surface area contributed by atoms with Crippen molar-refractivity contribution in [1.29, 1.82) is 0 Å². The molecule has 0 N–H and O–H groups in total. The monoisotopic (exact) mass is 296 g/mol. The summed E-state index contributed by atoms with van der Waals surface area (Å²) in [6.45, 7) is 3.85. The fourth-order valence-electron chi connectivity index (χ4n) is 1.16. The first-order valence-electron chi connectivity index (χ1n) is 5.14. The quantitative estimate of drug-likeness (QED) is 0.806. The Hall–Kier alpha value is -0.490. The number of ether oxygens (including phenoxy) is 1. The summed E-state index contributed by atoms with van der Waals surface area (Å²) in [6, 6.07) is 0. The van der Waals surface area contributed by atoms with E-state index in [0.29, 0.717) is 16.8 Å². The Morgan fingerprint density at radius 3 is 2.81 bits per heavy atom. The third-order valence-electron chi connectivity index (χ3n) is 2.29. The van der Waals surface area contributed by atoms with Crippen molar-refractivity contribution in [2.75, 3.05) is 0 Å². The smallest absolute Gasteiger partial charge is 0.257 e. The molecular formula is C10H15BrF2N2O. The van der Waals surface area contributed by atoms with Crippen LogP contribution in [0.1, 0.15) is 26.0 Å². The Balaban J connectivity index is 2.66. The fraction of sp³-hybridized carbons (Fsp3) is 0.700. The largest absolute Gasteiger partial charge is 0.372 e. The Morgan fingerprint density at radius 1 is 1.56 bits per heavy atom. The molecule has 1 aromatic heterocycles. The predicted octanol–water partition coefficient (Wildman–Crippen LogP) is 3.23. The average molecular weight is 297 g/mol. The molecule has 0 saturated carbocycles. The molecule has 0 aliphatic rings. The molecule has 16 heavy (non-hydrogen) atoms. The zero-order chi connectivity index (χ0) is 12.1. The minimum absolute atomic E-state index is 0.113. The van der Waals surface area contributed by atoms with Gasteiger partial charge in [-0.2, -0.15) is 5.10 Å². The van der Waals surface area contributed by atoms with Crippen LogP contribution in [0.4, 0.5) is 8.78 Å². The molecule has 92 valence electrons. The van der Waals surface area contributed by atoms with E-state index < -0.39 is 13.0 Å². The Morgan fingerprint density at radius 2 is 2.25 bits per heavy atom. The molecule has 0 bridgehead atoms. The van der Waals surface area contributed by atoms with Gasteiger partial charge in [0.15, 0.2) is 0 Å². The van der Waals surface area contributed by atoms with Crippen LogP contribution >= 0.6 is 15.9 Å². The summed E-state index contributed by atoms with van der Waals surface area (Å²) in [5, 5.41) is 3.87. The second kappa shape index (κ2) is 6.30. The minimum atomic E-state index is -2.41. The lowest BCUT2D eigenvalue weighted by Gasteiger charge is -2.12. The van der Waals surface area contributed by atoms with Crippen molar-refractivity contribution in [2.45, 2.75) is 45.9 Å². The maximum absolute atomic E-state index is 12.3. The van der Waals surface area contributed by atoms with Gasteiger partial charge in [0.25, 0.3) is 6.43 Å². The molecular weight excluding hydrogens is 282 g/mol. The average Bonchev–Trinajstić information content (AvgIpc) is 2.56. The van der Waals surface area contributed by atoms with Gasteiger partial charge in [0.1, 0.15) is 6.54 Å². The molecule has 1 rings (SSSR count). The molecule has 1 unspecified atom stereocenters. The van der Waals surface area contributed by atoms with E-state index in [2.05, 4.69) is 21.0 Å². The van der Waals surface area contributed by atoms with Crippen molar-refractivity contribution >= 4 is 15.9 Å². The first-order valence-corrected chi connectivity index (χ1v) is 5.93. The number of hydrogen-bond acceptors (Lipinski definition) is 2. The lowest BCUT2D eigenvalue weighted by molar-refractivity contribution is 0.0435. The van der Waals surface area contributed by atoms with Gasteiger partial charge in [-0.25, -0.2) is 8.78 Å². The van der Waals surface area contributed by atoms with Gasteiger partial charge in [-0.3, -0.25) is 4.68 Å². The number of aromatic nitrogens is 2. The van der Waals surface area contributed by atoms with E-state index in [1.807, 2.05) is 13.8 Å². The maximum atomic E-state index is 12.3. The third kappa shape index (κ3) is 3.83. The van der Waals surface area contributed by atoms with Crippen LogP contribution in [0.25, 0.3) is 0 Å². The van der Waals surface area contributed by atoms with Gasteiger partial charge < -0.3 is 4.74 Å². The van der Waals surface area contributed by atoms with Gasteiger partial charge in [0, 0.05) is 0 Å². The molecule has 0 aromatic carbocycles. The molecule has 0 aliphatic carbocycles. The van der Waals surface area contributed by atoms with E-state index >= 15 is 0 Å². The van der Waals surface area contributed by atoms with E-state index in [9.17, 15) is 8.78 Å². The normalized spacial score (nSPS) is 13.4. The van der Waals surface area contributed by atoms with E-state index in [4.69, 9.17) is 4.74 Å². The Bertz CT molecular complexity index is 331. The molecule has 6 heteroatoms. The Labute approximate surface area is 102 Å². The van der Waals surface area contributed by atoms with Crippen LogP contribution in [0.5, 0.6) is 0 Å². The van der Waals surface area contributed by atoms with Crippen molar-refractivity contribution in [2.24, 2.45) is 0 Å². The zero-order valence-electron chi connectivity index (χ0n) is 9.29. The first kappa shape index (κ1) is 13.6. The van der Waals surface area contributed by atoms with Crippen molar-refractivity contribution in [3.8, 4) is 0 Å². The van der Waals surface area contributed by atoms with Gasteiger partial charge in [-0.1, -0.05) is 6.92 Å². The standard InChI is InChI=1S/C10H15BrF2N2O/c1-3-7(2)16-6-9-8(11)4-14-15(9)5-10(12)13/h4,7,10H,3,5-6H2,1-2H3. The number of halogens is 3. The highest BCUT2D eigenvalue weighted by molar-refractivity contribution is 9.10. The molecule has 1 aromatic rings. The summed E-state index contributed by atoms with van der Waals surface area (Å²) in [5.41, 5.74) is 0.653. The highest BCUT2D eigenvalue weighted by Gasteiger charge is 2.13. The van der Waals surface area contributed by atoms with Crippen molar-refractivity contribution in [3.05, 3.63) is 16.4 Å². The molecule has 1 heterocycles. The molecule has 0 amide bonds. The van der Waals surface area contributed by atoms with Gasteiger partial charge >= 0.3 is 0 Å². The molecule has 0 saturated heterocycles. The van der Waals surface area contributed by atoms with Crippen molar-refractivity contribution in [3.63, 3.8) is 0 Å². The molecule has 3 nitrogen and oxygen atoms in total. The number of alkyl halides is 2. The van der Waals surface area contributed by atoms with Crippen molar-refractivity contribution in [1.82, 2.24) is 9.78 Å². The van der Waals surface area contributed by atoms with Crippen LogP contribution in [-0.2, 0) is 17.9 Å². The second-order valence-corrected chi connectivity index (χ2v) is 4.40. The number of nitrogens with zero attached hydrogens (tertiary/aromatic N) is 2. The van der Waals surface area contributed by atoms with Gasteiger partial charge in [0.2, 0.25) is 0 Å². The molecule has 1 atom stereocenters. The van der Waals surface area contributed by atoms with E-state index in [1.54, 1.807) is 0 Å². The lowest BCUT2D eigenvalue weighted by Crippen LogP contribution is -2.14. The van der Waals surface area contributed by atoms with Crippen LogP contribution in [0.15, 0.2) is 10.7 Å². The van der Waals surface area contributed by atoms with E-state index in [1.165, 1.54) is 10.9 Å². The number of hydrogen-bond donors (Lipinski definition) is 0. The first-order chi connectivity index (χ1) is 7.54. The topological polar surface area (TPSA) is 27.1 Å². The molecule has 0 spiro atoms. The SMILES string of the molecule is CCC(C)OCc1c(Br)cnn1CC(F)F. The third-order valence-corrected chi connectivity index (χ3v) is 2.95. The summed E-state index contributed by atoms with van der Waals surface area (Å²) in [4.78, 5) is 0. The summed E-state index contributed by atoms with van der Waals surface area (Å²) in [7, 11) is 0. The van der Waals surface area contributed by atoms with Crippen LogP contribution in [-0.4, -0.2) is 22.3 Å². The second-order valence-electron chi connectivity index (χ2n) is 3.54.